The highest BCUT2D eigenvalue weighted by Gasteiger charge is 2.55. The fourth-order valence-corrected chi connectivity index (χ4v) is 9.61. The molecule has 0 saturated carbocycles. The summed E-state index contributed by atoms with van der Waals surface area (Å²) in [6.45, 7) is -1.12. The normalized spacial score (nSPS) is 27.5. The Morgan fingerprint density at radius 3 is 1.64 bits per heavy atom. The number of H-pyrrole nitrogens is 3. The minimum atomic E-state index is -5.62. The van der Waals surface area contributed by atoms with Gasteiger partial charge in [0.15, 0.2) is 24.7 Å². The van der Waals surface area contributed by atoms with E-state index in [1.165, 1.54) is 13.1 Å². The van der Waals surface area contributed by atoms with Gasteiger partial charge >= 0.3 is 44.9 Å². The van der Waals surface area contributed by atoms with E-state index in [-0.39, 0.29) is 31.6 Å². The van der Waals surface area contributed by atoms with Crippen LogP contribution in [0, 0.1) is 6.92 Å². The number of aromatic amines is 3. The van der Waals surface area contributed by atoms with Crippen LogP contribution in [0.3, 0.4) is 0 Å². The number of amides is 2. The summed E-state index contributed by atoms with van der Waals surface area (Å²) in [5.41, 5.74) is 5.65. The lowest BCUT2D eigenvalue weighted by molar-refractivity contribution is -0.0636. The van der Waals surface area contributed by atoms with Crippen molar-refractivity contribution in [1.29, 1.82) is 0 Å². The van der Waals surface area contributed by atoms with E-state index in [0.29, 0.717) is 36.8 Å². The maximum Gasteiger partial charge on any atom is 0.472 e. The molecule has 3 aromatic heterocycles. The van der Waals surface area contributed by atoms with E-state index in [9.17, 15) is 67.5 Å². The van der Waals surface area contributed by atoms with Crippen molar-refractivity contribution in [3.8, 4) is 0 Å². The van der Waals surface area contributed by atoms with Crippen LogP contribution in [-0.2, 0) is 50.9 Å². The zero-order valence-electron chi connectivity index (χ0n) is 38.7. The second-order valence-electron chi connectivity index (χ2n) is 16.5. The number of carbonyl (C=O) groups is 2. The minimum Gasteiger partial charge on any atom is -0.438 e. The van der Waals surface area contributed by atoms with Crippen molar-refractivity contribution in [1.82, 2.24) is 39.3 Å². The summed E-state index contributed by atoms with van der Waals surface area (Å²) >= 11 is 0. The van der Waals surface area contributed by atoms with Gasteiger partial charge in [0, 0.05) is 55.8 Å². The Morgan fingerprint density at radius 1 is 0.699 bits per heavy atom. The predicted octanol–water partition coefficient (Wildman–Crippen LogP) is -3.95. The SMILES string of the molecule is Cc1cn([C@H]2C[C@H](O)[C@@H](COP(=O)(O)O[C@H]3[C@@H](OC(=O)NCCCCN)[C@H](n4ccc(=O)[nH]c4=O)O[C@@H]3COP(=O)(O)O[C@H]3[C@@H](OC(=O)NCCCCN)[C@H](n4ccc(=O)[nH]c4=O)O[C@@H]3CO)O2)c(=O)[nH]c1=O. The van der Waals surface area contributed by atoms with Crippen molar-refractivity contribution < 1.29 is 80.5 Å². The minimum absolute atomic E-state index is 0.00881. The summed E-state index contributed by atoms with van der Waals surface area (Å²) in [5.74, 6) is 0. The van der Waals surface area contributed by atoms with Crippen molar-refractivity contribution in [2.45, 2.75) is 107 Å². The third-order valence-electron chi connectivity index (χ3n) is 11.3. The van der Waals surface area contributed by atoms with Crippen molar-refractivity contribution >= 4 is 27.8 Å². The molecule has 3 saturated heterocycles. The summed E-state index contributed by atoms with van der Waals surface area (Å²) in [6.07, 6.45) is -17.0. The predicted molar refractivity (Wildman–Crippen MR) is 243 cm³/mol. The number of phosphoric acid groups is 2. The number of nitrogens with zero attached hydrogens (tertiary/aromatic N) is 3. The summed E-state index contributed by atoms with van der Waals surface area (Å²) in [7, 11) is -11.1. The highest BCUT2D eigenvalue weighted by molar-refractivity contribution is 7.47. The highest BCUT2D eigenvalue weighted by atomic mass is 31.2. The fraction of sp³-hybridized carbons (Fsp3) is 0.632. The smallest absolute Gasteiger partial charge is 0.438 e. The molecular weight excluding hydrogens is 1030 g/mol. The van der Waals surface area contributed by atoms with Crippen molar-refractivity contribution in [3.05, 3.63) is 98.8 Å². The van der Waals surface area contributed by atoms with Crippen LogP contribution in [0.2, 0.25) is 0 Å². The number of rotatable bonds is 24. The Bertz CT molecular complexity index is 2850. The number of unbranched alkanes of at least 4 members (excludes halogenated alkanes) is 2. The van der Waals surface area contributed by atoms with Crippen molar-refractivity contribution in [2.75, 3.05) is 46.0 Å². The molecule has 2 unspecified atom stereocenters. The number of phosphoric ester groups is 2. The lowest BCUT2D eigenvalue weighted by Gasteiger charge is -2.28. The molecule has 6 rings (SSSR count). The van der Waals surface area contributed by atoms with Gasteiger partial charge in [-0.3, -0.25) is 61.1 Å². The van der Waals surface area contributed by atoms with E-state index in [4.69, 9.17) is 53.2 Å². The van der Waals surface area contributed by atoms with Gasteiger partial charge in [0.1, 0.15) is 36.7 Å². The summed E-state index contributed by atoms with van der Waals surface area (Å²) in [4.78, 5) is 129. The second kappa shape index (κ2) is 25.2. The maximum atomic E-state index is 13.9. The monoisotopic (exact) mass is 1080 g/mol. The Hall–Kier alpha value is -5.48. The van der Waals surface area contributed by atoms with Gasteiger partial charge in [-0.2, -0.15) is 0 Å². The first-order valence-corrected chi connectivity index (χ1v) is 25.4. The molecule has 3 fully saturated rings. The molecule has 0 spiro atoms. The van der Waals surface area contributed by atoms with Crippen LogP contribution in [0.25, 0.3) is 0 Å². The Kier molecular flexibility index (Phi) is 19.6. The average Bonchev–Trinajstić information content (AvgIpc) is 3.97. The molecule has 406 valence electrons. The van der Waals surface area contributed by atoms with Gasteiger partial charge < -0.3 is 65.8 Å². The molecule has 3 aliphatic rings. The number of ether oxygens (including phenoxy) is 5. The number of aromatic nitrogens is 6. The standard InChI is InChI=1S/C38H56N10O23P2/c1-19-15-48(36(56)45-31(19)53)26-14-20(50)22(65-26)17-63-72(59,60)71-28-23(67-33(47-13-7-25(52)44-35(47)55)30(28)69-38(58)42-11-5-3-9-40)18-64-73(61,62)70-27-21(16-49)66-32(46-12-6-24(51)43-34(46)54)29(27)68-37(57)41-10-4-2-8-39/h6-7,12-13,15,20-23,26-30,32-33,49-50H,2-5,8-11,14,16-18,39-40H2,1H3,(H,41,57)(H,42,58)(H,59,60)(H,61,62)(H,43,51,54)(H,44,52,55)(H,45,53,56)/t20-,21+,22+,23+,26+,27+,28+,29+,30+,32+,33+/m0/s1. The van der Waals surface area contributed by atoms with E-state index in [1.807, 2.05) is 9.97 Å². The topological polar surface area (TPSA) is 473 Å². The van der Waals surface area contributed by atoms with Crippen molar-refractivity contribution in [2.24, 2.45) is 11.5 Å². The van der Waals surface area contributed by atoms with Crippen molar-refractivity contribution in [3.63, 3.8) is 0 Å². The fourth-order valence-electron chi connectivity index (χ4n) is 7.70. The lowest BCUT2D eigenvalue weighted by Crippen LogP contribution is -2.44. The first kappa shape index (κ1) is 56.8. The van der Waals surface area contributed by atoms with Gasteiger partial charge in [-0.1, -0.05) is 0 Å². The molecule has 73 heavy (non-hydrogen) atoms. The lowest BCUT2D eigenvalue weighted by atomic mass is 10.1. The molecule has 13 atom stereocenters. The number of aliphatic hydroxyl groups is 2. The molecule has 35 heteroatoms. The molecule has 2 amide bonds. The third kappa shape index (κ3) is 14.9. The van der Waals surface area contributed by atoms with Gasteiger partial charge in [0.25, 0.3) is 16.7 Å². The molecule has 3 aromatic rings. The maximum absolute atomic E-state index is 13.9. The number of hydrogen-bond acceptors (Lipinski definition) is 23. The zero-order valence-corrected chi connectivity index (χ0v) is 40.4. The van der Waals surface area contributed by atoms with Gasteiger partial charge in [-0.25, -0.2) is 33.1 Å². The van der Waals surface area contributed by atoms with Crippen LogP contribution in [0.5, 0.6) is 0 Å². The Labute approximate surface area is 409 Å². The molecule has 3 aliphatic heterocycles. The van der Waals surface area contributed by atoms with Crippen LogP contribution in [0.15, 0.2) is 59.5 Å². The van der Waals surface area contributed by atoms with Crippen LogP contribution in [-0.4, -0.2) is 156 Å². The molecular formula is C38H56N10O23P2. The average molecular weight is 1080 g/mol. The van der Waals surface area contributed by atoms with E-state index in [2.05, 4.69) is 15.6 Å². The van der Waals surface area contributed by atoms with Crippen LogP contribution < -0.4 is 55.8 Å². The molecule has 0 aromatic carbocycles. The number of aryl methyl sites for hydroxylation is 1. The molecule has 0 radical (unpaired) electrons. The largest absolute Gasteiger partial charge is 0.472 e. The Morgan fingerprint density at radius 2 is 1.16 bits per heavy atom. The highest BCUT2D eigenvalue weighted by Crippen LogP contribution is 2.52. The molecule has 33 nitrogen and oxygen atoms in total. The zero-order chi connectivity index (χ0) is 53.2. The van der Waals surface area contributed by atoms with E-state index >= 15 is 0 Å². The number of aliphatic hydroxyl groups excluding tert-OH is 2. The third-order valence-corrected chi connectivity index (χ3v) is 13.2. The van der Waals surface area contributed by atoms with Gasteiger partial charge in [-0.05, 0) is 45.7 Å². The van der Waals surface area contributed by atoms with Crippen LogP contribution >= 0.6 is 15.6 Å². The first-order valence-electron chi connectivity index (χ1n) is 22.4. The quantitative estimate of drug-likeness (QED) is 0.0301. The van der Waals surface area contributed by atoms with E-state index in [1.54, 1.807) is 0 Å². The second-order valence-corrected chi connectivity index (χ2v) is 19.3. The van der Waals surface area contributed by atoms with Gasteiger partial charge in [0.05, 0.1) is 25.9 Å². The van der Waals surface area contributed by atoms with E-state index < -0.39 is 149 Å². The first-order chi connectivity index (χ1) is 34.6. The molecule has 0 bridgehead atoms. The molecule has 6 heterocycles. The summed E-state index contributed by atoms with van der Waals surface area (Å²) < 4.78 is 80.1. The number of nitrogens with one attached hydrogen (secondary N) is 5. The number of nitrogens with two attached hydrogens (primary N) is 2. The van der Waals surface area contributed by atoms with E-state index in [0.717, 1.165) is 33.7 Å². The summed E-state index contributed by atoms with van der Waals surface area (Å²) in [5, 5.41) is 25.9. The van der Waals surface area contributed by atoms with Gasteiger partial charge in [0.2, 0.25) is 0 Å². The Balaban J connectivity index is 1.27. The molecule has 13 N–H and O–H groups in total. The number of carbonyl (C=O) groups excluding carboxylic acids is 2. The number of alkyl carbamates (subject to hydrolysis) is 2. The van der Waals surface area contributed by atoms with Crippen LogP contribution in [0.4, 0.5) is 9.59 Å². The van der Waals surface area contributed by atoms with Crippen LogP contribution in [0.1, 0.15) is 56.4 Å². The number of hydrogen-bond donors (Lipinski definition) is 11. The molecule has 0 aliphatic carbocycles. The van der Waals surface area contributed by atoms with Gasteiger partial charge in [-0.15, -0.1) is 0 Å². The summed E-state index contributed by atoms with van der Waals surface area (Å²) in [6, 6.07) is 1.77.